The normalized spacial score (nSPS) is 10.8. The molecule has 0 aliphatic carbocycles. The van der Waals surface area contributed by atoms with Crippen LogP contribution in [0.2, 0.25) is 5.02 Å². The van der Waals surface area contributed by atoms with Gasteiger partial charge in [0.05, 0.1) is 16.3 Å². The van der Waals surface area contributed by atoms with Gasteiger partial charge in [0.2, 0.25) is 0 Å². The molecule has 0 spiro atoms. The lowest BCUT2D eigenvalue weighted by Gasteiger charge is -2.08. The molecule has 21 heavy (non-hydrogen) atoms. The molecule has 3 nitrogen and oxygen atoms in total. The van der Waals surface area contributed by atoms with Crippen molar-refractivity contribution in [2.24, 2.45) is 0 Å². The SMILES string of the molecule is Cc1cccc(-c2c(N)n[nH]c2-c2cc(Br)ccc2Cl)c1. The first kappa shape index (κ1) is 14.2. The summed E-state index contributed by atoms with van der Waals surface area (Å²) >= 11 is 9.79. The van der Waals surface area contributed by atoms with Crippen molar-refractivity contribution >= 4 is 33.3 Å². The Morgan fingerprint density at radius 3 is 2.76 bits per heavy atom. The lowest BCUT2D eigenvalue weighted by molar-refractivity contribution is 1.10. The fourth-order valence-electron chi connectivity index (χ4n) is 2.33. The number of rotatable bonds is 2. The first-order chi connectivity index (χ1) is 10.1. The van der Waals surface area contributed by atoms with E-state index in [9.17, 15) is 0 Å². The molecule has 0 saturated carbocycles. The minimum absolute atomic E-state index is 0.464. The number of nitrogens with two attached hydrogens (primary N) is 1. The van der Waals surface area contributed by atoms with Crippen LogP contribution in [0, 0.1) is 6.92 Å². The zero-order valence-corrected chi connectivity index (χ0v) is 13.7. The third kappa shape index (κ3) is 2.69. The number of nitrogens with zero attached hydrogens (tertiary/aromatic N) is 1. The van der Waals surface area contributed by atoms with E-state index in [1.54, 1.807) is 0 Å². The third-order valence-electron chi connectivity index (χ3n) is 3.30. The van der Waals surface area contributed by atoms with E-state index in [2.05, 4.69) is 32.2 Å². The number of halogens is 2. The number of nitrogens with one attached hydrogen (secondary N) is 1. The Labute approximate surface area is 136 Å². The standard InChI is InChI=1S/C16H13BrClN3/c1-9-3-2-4-10(7-9)14-15(20-21-16(14)19)12-8-11(17)5-6-13(12)18/h2-8H,1H3,(H3,19,20,21). The highest BCUT2D eigenvalue weighted by Crippen LogP contribution is 2.38. The molecule has 3 aromatic rings. The number of hydrogen-bond acceptors (Lipinski definition) is 2. The van der Waals surface area contributed by atoms with E-state index in [0.29, 0.717) is 10.8 Å². The first-order valence-electron chi connectivity index (χ1n) is 6.42. The van der Waals surface area contributed by atoms with Crippen LogP contribution in [-0.2, 0) is 0 Å². The summed E-state index contributed by atoms with van der Waals surface area (Å²) in [5, 5.41) is 7.79. The van der Waals surface area contributed by atoms with E-state index in [0.717, 1.165) is 26.9 Å². The monoisotopic (exact) mass is 361 g/mol. The molecule has 1 heterocycles. The molecule has 0 fully saturated rings. The van der Waals surface area contributed by atoms with E-state index in [4.69, 9.17) is 17.3 Å². The smallest absolute Gasteiger partial charge is 0.153 e. The second-order valence-electron chi connectivity index (χ2n) is 4.85. The quantitative estimate of drug-likeness (QED) is 0.670. The molecule has 0 unspecified atom stereocenters. The van der Waals surface area contributed by atoms with Gasteiger partial charge in [-0.3, -0.25) is 5.10 Å². The summed E-state index contributed by atoms with van der Waals surface area (Å²) in [6.07, 6.45) is 0. The number of hydrogen-bond donors (Lipinski definition) is 2. The van der Waals surface area contributed by atoms with Crippen LogP contribution in [0.4, 0.5) is 5.82 Å². The lowest BCUT2D eigenvalue weighted by Crippen LogP contribution is -1.89. The topological polar surface area (TPSA) is 54.7 Å². The predicted octanol–water partition coefficient (Wildman–Crippen LogP) is 5.05. The predicted molar refractivity (Wildman–Crippen MR) is 91.3 cm³/mol. The van der Waals surface area contributed by atoms with Gasteiger partial charge in [-0.05, 0) is 30.7 Å². The molecule has 3 N–H and O–H groups in total. The first-order valence-corrected chi connectivity index (χ1v) is 7.59. The lowest BCUT2D eigenvalue weighted by atomic mass is 9.99. The van der Waals surface area contributed by atoms with Crippen LogP contribution >= 0.6 is 27.5 Å². The highest BCUT2D eigenvalue weighted by molar-refractivity contribution is 9.10. The molecule has 0 amide bonds. The molecular weight excluding hydrogens is 350 g/mol. The van der Waals surface area contributed by atoms with Gasteiger partial charge >= 0.3 is 0 Å². The van der Waals surface area contributed by atoms with Gasteiger partial charge in [-0.1, -0.05) is 57.4 Å². The molecule has 0 atom stereocenters. The molecule has 0 bridgehead atoms. The summed E-state index contributed by atoms with van der Waals surface area (Å²) in [7, 11) is 0. The summed E-state index contributed by atoms with van der Waals surface area (Å²) in [5.74, 6) is 0.464. The van der Waals surface area contributed by atoms with Crippen LogP contribution in [0.15, 0.2) is 46.9 Å². The van der Waals surface area contributed by atoms with Crippen LogP contribution in [0.1, 0.15) is 5.56 Å². The highest BCUT2D eigenvalue weighted by Gasteiger charge is 2.17. The van der Waals surface area contributed by atoms with Crippen molar-refractivity contribution in [1.29, 1.82) is 0 Å². The Bertz CT molecular complexity index is 811. The number of H-pyrrole nitrogens is 1. The molecule has 0 saturated heterocycles. The number of nitrogen functional groups attached to an aromatic ring is 1. The Hall–Kier alpha value is -1.78. The summed E-state index contributed by atoms with van der Waals surface area (Å²) in [6.45, 7) is 2.05. The van der Waals surface area contributed by atoms with Crippen molar-refractivity contribution in [2.45, 2.75) is 6.92 Å². The number of aromatic nitrogens is 2. The van der Waals surface area contributed by atoms with E-state index >= 15 is 0 Å². The van der Waals surface area contributed by atoms with Crippen LogP contribution < -0.4 is 5.73 Å². The van der Waals surface area contributed by atoms with Gasteiger partial charge in [0, 0.05) is 10.0 Å². The van der Waals surface area contributed by atoms with E-state index in [-0.39, 0.29) is 0 Å². The van der Waals surface area contributed by atoms with Gasteiger partial charge in [0.25, 0.3) is 0 Å². The molecule has 0 aliphatic heterocycles. The highest BCUT2D eigenvalue weighted by atomic mass is 79.9. The van der Waals surface area contributed by atoms with Gasteiger partial charge in [0.1, 0.15) is 0 Å². The van der Waals surface area contributed by atoms with Crippen molar-refractivity contribution in [2.75, 3.05) is 5.73 Å². The van der Waals surface area contributed by atoms with Gasteiger partial charge < -0.3 is 5.73 Å². The maximum Gasteiger partial charge on any atom is 0.153 e. The summed E-state index contributed by atoms with van der Waals surface area (Å²) in [6, 6.07) is 13.8. The van der Waals surface area contributed by atoms with Gasteiger partial charge in [-0.15, -0.1) is 0 Å². The third-order valence-corrected chi connectivity index (χ3v) is 4.12. The van der Waals surface area contributed by atoms with Crippen LogP contribution in [0.5, 0.6) is 0 Å². The summed E-state index contributed by atoms with van der Waals surface area (Å²) in [5.41, 5.74) is 10.8. The average Bonchev–Trinajstić information content (AvgIpc) is 2.83. The number of anilines is 1. The minimum Gasteiger partial charge on any atom is -0.382 e. The fraction of sp³-hybridized carbons (Fsp3) is 0.0625. The van der Waals surface area contributed by atoms with Crippen LogP contribution in [-0.4, -0.2) is 10.2 Å². The van der Waals surface area contributed by atoms with E-state index in [1.165, 1.54) is 5.56 Å². The fourth-order valence-corrected chi connectivity index (χ4v) is 2.91. The minimum atomic E-state index is 0.464. The van der Waals surface area contributed by atoms with Gasteiger partial charge in [0.15, 0.2) is 5.82 Å². The Balaban J connectivity index is 2.24. The Morgan fingerprint density at radius 2 is 2.00 bits per heavy atom. The Kier molecular flexibility index (Phi) is 3.74. The Morgan fingerprint density at radius 1 is 1.19 bits per heavy atom. The number of benzene rings is 2. The van der Waals surface area contributed by atoms with Crippen LogP contribution in [0.3, 0.4) is 0 Å². The average molecular weight is 363 g/mol. The van der Waals surface area contributed by atoms with Gasteiger partial charge in [-0.2, -0.15) is 5.10 Å². The second kappa shape index (κ2) is 5.54. The largest absolute Gasteiger partial charge is 0.382 e. The molecule has 2 aromatic carbocycles. The van der Waals surface area contributed by atoms with E-state index in [1.807, 2.05) is 43.3 Å². The van der Waals surface area contributed by atoms with E-state index < -0.39 is 0 Å². The van der Waals surface area contributed by atoms with Crippen molar-refractivity contribution in [3.8, 4) is 22.4 Å². The van der Waals surface area contributed by atoms with Gasteiger partial charge in [-0.25, -0.2) is 0 Å². The number of aryl methyl sites for hydroxylation is 1. The molecule has 0 radical (unpaired) electrons. The molecular formula is C16H13BrClN3. The molecule has 5 heteroatoms. The van der Waals surface area contributed by atoms with Crippen molar-refractivity contribution in [3.63, 3.8) is 0 Å². The summed E-state index contributed by atoms with van der Waals surface area (Å²) in [4.78, 5) is 0. The maximum atomic E-state index is 6.32. The maximum absolute atomic E-state index is 6.32. The van der Waals surface area contributed by atoms with Crippen LogP contribution in [0.25, 0.3) is 22.4 Å². The molecule has 3 rings (SSSR count). The zero-order chi connectivity index (χ0) is 15.0. The number of aromatic amines is 1. The summed E-state index contributed by atoms with van der Waals surface area (Å²) < 4.78 is 0.949. The second-order valence-corrected chi connectivity index (χ2v) is 6.18. The molecule has 0 aliphatic rings. The molecule has 106 valence electrons. The van der Waals surface area contributed by atoms with Crippen molar-refractivity contribution in [3.05, 3.63) is 57.5 Å². The zero-order valence-electron chi connectivity index (χ0n) is 11.3. The van der Waals surface area contributed by atoms with Crippen molar-refractivity contribution in [1.82, 2.24) is 10.2 Å². The molecule has 1 aromatic heterocycles. The van der Waals surface area contributed by atoms with Crippen molar-refractivity contribution < 1.29 is 0 Å².